The van der Waals surface area contributed by atoms with E-state index < -0.39 is 27.9 Å². The maximum atomic E-state index is 12.7. The van der Waals surface area contributed by atoms with E-state index in [2.05, 4.69) is 15.0 Å². The number of amides is 1. The van der Waals surface area contributed by atoms with E-state index in [1.54, 1.807) is 41.2 Å². The van der Waals surface area contributed by atoms with Gasteiger partial charge in [0.05, 0.1) is 22.2 Å². The summed E-state index contributed by atoms with van der Waals surface area (Å²) in [5.74, 6) is -1.80. The number of nitrogens with one attached hydrogen (secondary N) is 1. The van der Waals surface area contributed by atoms with Gasteiger partial charge in [0.15, 0.2) is 0 Å². The van der Waals surface area contributed by atoms with E-state index in [4.69, 9.17) is 5.73 Å². The molecule has 4 rings (SSSR count). The average molecular weight is 484 g/mol. The Labute approximate surface area is 196 Å². The lowest BCUT2D eigenvalue weighted by molar-refractivity contribution is -0.119. The number of aromatic nitrogens is 3. The van der Waals surface area contributed by atoms with Gasteiger partial charge in [0.25, 0.3) is 0 Å². The summed E-state index contributed by atoms with van der Waals surface area (Å²) in [5.41, 5.74) is 8.96. The summed E-state index contributed by atoms with van der Waals surface area (Å²) in [6.07, 6.45) is 4.04. The standard InChI is InChI=1S/C23H25N5O5S/c1-14-5-8-18(9-6-14)34(32,33)26-20(22(24)29)12-17-13-28(27-25-17)21-4-2-3-15-11-16(23(30)31)7-10-19(15)21/h5-11,13,20-21,26H,2-4,12H2,1H3,(H2,24,29)(H,30,31). The number of rotatable bonds is 8. The molecule has 4 N–H and O–H groups in total. The first kappa shape index (κ1) is 23.6. The van der Waals surface area contributed by atoms with Gasteiger partial charge in [-0.3, -0.25) is 4.79 Å². The molecule has 11 heteroatoms. The third kappa shape index (κ3) is 5.00. The van der Waals surface area contributed by atoms with E-state index in [9.17, 15) is 23.1 Å². The number of hydrogen-bond donors (Lipinski definition) is 3. The topological polar surface area (TPSA) is 157 Å². The van der Waals surface area contributed by atoms with Crippen LogP contribution in [-0.4, -0.2) is 46.4 Å². The number of benzene rings is 2. The van der Waals surface area contributed by atoms with Gasteiger partial charge in [-0.1, -0.05) is 29.0 Å². The van der Waals surface area contributed by atoms with E-state index in [1.165, 1.54) is 12.1 Å². The molecule has 0 saturated carbocycles. The van der Waals surface area contributed by atoms with Crippen LogP contribution in [0.2, 0.25) is 0 Å². The highest BCUT2D eigenvalue weighted by Crippen LogP contribution is 2.33. The number of hydrogen-bond acceptors (Lipinski definition) is 6. The summed E-state index contributed by atoms with van der Waals surface area (Å²) in [6, 6.07) is 9.97. The van der Waals surface area contributed by atoms with Crippen molar-refractivity contribution in [3.8, 4) is 0 Å². The number of nitrogens with zero attached hydrogens (tertiary/aromatic N) is 3. The molecule has 178 valence electrons. The van der Waals surface area contributed by atoms with Crippen LogP contribution in [0, 0.1) is 6.92 Å². The second-order valence-electron chi connectivity index (χ2n) is 8.41. The van der Waals surface area contributed by atoms with Crippen molar-refractivity contribution in [2.75, 3.05) is 0 Å². The lowest BCUT2D eigenvalue weighted by atomic mass is 9.86. The van der Waals surface area contributed by atoms with Crippen LogP contribution in [0.1, 0.15) is 51.6 Å². The molecule has 1 aromatic heterocycles. The zero-order valence-corrected chi connectivity index (χ0v) is 19.3. The predicted molar refractivity (Wildman–Crippen MR) is 123 cm³/mol. The van der Waals surface area contributed by atoms with Crippen LogP contribution in [0.3, 0.4) is 0 Å². The maximum Gasteiger partial charge on any atom is 0.335 e. The van der Waals surface area contributed by atoms with Gasteiger partial charge in [0.2, 0.25) is 15.9 Å². The lowest BCUT2D eigenvalue weighted by Gasteiger charge is -2.25. The van der Waals surface area contributed by atoms with E-state index in [1.807, 2.05) is 6.92 Å². The van der Waals surface area contributed by atoms with Crippen molar-refractivity contribution in [1.82, 2.24) is 19.7 Å². The molecule has 1 aliphatic rings. The van der Waals surface area contributed by atoms with E-state index in [-0.39, 0.29) is 22.9 Å². The summed E-state index contributed by atoms with van der Waals surface area (Å²) in [5, 5.41) is 17.6. The maximum absolute atomic E-state index is 12.7. The van der Waals surface area contributed by atoms with Gasteiger partial charge in [-0.2, -0.15) is 4.72 Å². The highest BCUT2D eigenvalue weighted by molar-refractivity contribution is 7.89. The number of carbonyl (C=O) groups is 2. The van der Waals surface area contributed by atoms with Crippen molar-refractivity contribution in [2.45, 2.75) is 49.6 Å². The minimum absolute atomic E-state index is 0.0348. The monoisotopic (exact) mass is 483 g/mol. The average Bonchev–Trinajstić information content (AvgIpc) is 3.26. The van der Waals surface area contributed by atoms with Crippen molar-refractivity contribution < 1.29 is 23.1 Å². The summed E-state index contributed by atoms with van der Waals surface area (Å²) in [4.78, 5) is 23.3. The molecule has 2 aromatic carbocycles. The van der Waals surface area contributed by atoms with E-state index >= 15 is 0 Å². The summed E-state index contributed by atoms with van der Waals surface area (Å²) >= 11 is 0. The van der Waals surface area contributed by atoms with Crippen molar-refractivity contribution >= 4 is 21.9 Å². The highest BCUT2D eigenvalue weighted by atomic mass is 32.2. The van der Waals surface area contributed by atoms with Crippen molar-refractivity contribution in [3.05, 3.63) is 76.6 Å². The van der Waals surface area contributed by atoms with Crippen LogP contribution < -0.4 is 10.5 Å². The summed E-state index contributed by atoms with van der Waals surface area (Å²) in [6.45, 7) is 1.84. The summed E-state index contributed by atoms with van der Waals surface area (Å²) in [7, 11) is -3.96. The molecule has 0 fully saturated rings. The fraction of sp³-hybridized carbons (Fsp3) is 0.304. The SMILES string of the molecule is Cc1ccc(S(=O)(=O)NC(Cc2cn(C3CCCc4cc(C(=O)O)ccc43)nn2)C(N)=O)cc1. The first-order chi connectivity index (χ1) is 16.1. The minimum Gasteiger partial charge on any atom is -0.478 e. The third-order valence-corrected chi connectivity index (χ3v) is 7.42. The Kier molecular flexibility index (Phi) is 6.49. The Morgan fingerprint density at radius 1 is 1.24 bits per heavy atom. The minimum atomic E-state index is -3.96. The van der Waals surface area contributed by atoms with Gasteiger partial charge < -0.3 is 10.8 Å². The van der Waals surface area contributed by atoms with Crippen LogP contribution in [0.15, 0.2) is 53.6 Å². The second kappa shape index (κ2) is 9.35. The zero-order valence-electron chi connectivity index (χ0n) is 18.5. The molecular formula is C23H25N5O5S. The van der Waals surface area contributed by atoms with Crippen molar-refractivity contribution in [3.63, 3.8) is 0 Å². The molecule has 1 heterocycles. The first-order valence-corrected chi connectivity index (χ1v) is 12.3. The molecule has 3 aromatic rings. The Morgan fingerprint density at radius 3 is 2.65 bits per heavy atom. The molecule has 0 radical (unpaired) electrons. The Hall–Kier alpha value is -3.57. The molecule has 2 unspecified atom stereocenters. The number of aryl methyl sites for hydroxylation is 2. The Morgan fingerprint density at radius 2 is 1.97 bits per heavy atom. The number of carbonyl (C=O) groups excluding carboxylic acids is 1. The molecule has 0 saturated heterocycles. The molecule has 10 nitrogen and oxygen atoms in total. The largest absolute Gasteiger partial charge is 0.478 e. The molecule has 34 heavy (non-hydrogen) atoms. The number of nitrogens with two attached hydrogens (primary N) is 1. The van der Waals surface area contributed by atoms with Crippen molar-refractivity contribution in [1.29, 1.82) is 0 Å². The predicted octanol–water partition coefficient (Wildman–Crippen LogP) is 1.59. The Bertz CT molecular complexity index is 1330. The Balaban J connectivity index is 1.53. The van der Waals surface area contributed by atoms with Gasteiger partial charge in [-0.15, -0.1) is 5.10 Å². The van der Waals surface area contributed by atoms with E-state index in [0.717, 1.165) is 36.0 Å². The quantitative estimate of drug-likeness (QED) is 0.439. The van der Waals surface area contributed by atoms with Crippen molar-refractivity contribution in [2.24, 2.45) is 5.73 Å². The molecule has 0 aliphatic heterocycles. The number of carboxylic acids is 1. The number of fused-ring (bicyclic) bond motifs is 1. The molecular weight excluding hydrogens is 458 g/mol. The smallest absolute Gasteiger partial charge is 0.335 e. The number of sulfonamides is 1. The van der Waals surface area contributed by atoms with Crippen LogP contribution in [0.5, 0.6) is 0 Å². The van der Waals surface area contributed by atoms with Gasteiger partial charge in [0, 0.05) is 12.6 Å². The van der Waals surface area contributed by atoms with Gasteiger partial charge >= 0.3 is 5.97 Å². The fourth-order valence-electron chi connectivity index (χ4n) is 4.14. The zero-order chi connectivity index (χ0) is 24.5. The first-order valence-electron chi connectivity index (χ1n) is 10.8. The molecule has 0 bridgehead atoms. The number of primary amides is 1. The molecule has 2 atom stereocenters. The molecule has 1 amide bonds. The van der Waals surface area contributed by atoms with Crippen LogP contribution in [0.4, 0.5) is 0 Å². The number of carboxylic acid groups (broad SMARTS) is 1. The van der Waals surface area contributed by atoms with Gasteiger partial charge in [-0.05, 0) is 61.6 Å². The highest BCUT2D eigenvalue weighted by Gasteiger charge is 2.27. The van der Waals surface area contributed by atoms with Crippen LogP contribution in [0.25, 0.3) is 0 Å². The number of aromatic carboxylic acids is 1. The lowest BCUT2D eigenvalue weighted by Crippen LogP contribution is -2.45. The molecule has 1 aliphatic carbocycles. The van der Waals surface area contributed by atoms with Crippen LogP contribution >= 0.6 is 0 Å². The van der Waals surface area contributed by atoms with Crippen LogP contribution in [-0.2, 0) is 27.7 Å². The molecule has 0 spiro atoms. The van der Waals surface area contributed by atoms with Gasteiger partial charge in [-0.25, -0.2) is 17.9 Å². The second-order valence-corrected chi connectivity index (χ2v) is 10.1. The normalized spacial score (nSPS) is 16.6. The fourth-order valence-corrected chi connectivity index (χ4v) is 5.34. The van der Waals surface area contributed by atoms with Gasteiger partial charge in [0.1, 0.15) is 6.04 Å². The summed E-state index contributed by atoms with van der Waals surface area (Å²) < 4.78 is 29.5. The third-order valence-electron chi connectivity index (χ3n) is 5.94. The van der Waals surface area contributed by atoms with E-state index in [0.29, 0.717) is 5.69 Å².